The van der Waals surface area contributed by atoms with Crippen LogP contribution in [0, 0.1) is 0 Å². The van der Waals surface area contributed by atoms with E-state index in [1.165, 1.54) is 5.56 Å². The molecule has 0 saturated carbocycles. The van der Waals surface area contributed by atoms with Crippen LogP contribution in [0.15, 0.2) is 72.8 Å². The summed E-state index contributed by atoms with van der Waals surface area (Å²) in [5.41, 5.74) is 4.16. The maximum Gasteiger partial charge on any atom is 0.255 e. The van der Waals surface area contributed by atoms with E-state index in [2.05, 4.69) is 10.6 Å². The normalized spacial score (nSPS) is 10.4. The number of methoxy groups -OCH3 is 1. The lowest BCUT2D eigenvalue weighted by Gasteiger charge is -2.11. The Bertz CT molecular complexity index is 913. The van der Waals surface area contributed by atoms with Gasteiger partial charge in [0, 0.05) is 24.9 Å². The van der Waals surface area contributed by atoms with Crippen LogP contribution in [0.4, 0.5) is 11.4 Å². The quantitative estimate of drug-likeness (QED) is 0.580. The highest BCUT2D eigenvalue weighted by Crippen LogP contribution is 2.26. The third kappa shape index (κ3) is 5.33. The van der Waals surface area contributed by atoms with Crippen molar-refractivity contribution in [3.05, 3.63) is 94.5 Å². The van der Waals surface area contributed by atoms with E-state index in [9.17, 15) is 4.79 Å². The molecular weight excluding hydrogens is 360 g/mol. The molecule has 138 valence electrons. The molecule has 4 nitrogen and oxygen atoms in total. The van der Waals surface area contributed by atoms with Gasteiger partial charge in [0.1, 0.15) is 0 Å². The molecule has 3 aromatic rings. The first-order valence-electron chi connectivity index (χ1n) is 8.62. The summed E-state index contributed by atoms with van der Waals surface area (Å²) >= 11 is 6.36. The number of anilines is 2. The summed E-state index contributed by atoms with van der Waals surface area (Å²) < 4.78 is 5.11. The fraction of sp³-hybridized carbons (Fsp3) is 0.136. The monoisotopic (exact) mass is 380 g/mol. The number of nitrogens with one attached hydrogen (secondary N) is 2. The number of hydrogen-bond donors (Lipinski definition) is 2. The average molecular weight is 381 g/mol. The molecule has 3 aromatic carbocycles. The summed E-state index contributed by atoms with van der Waals surface area (Å²) in [5.74, 6) is -0.186. The first kappa shape index (κ1) is 19.0. The van der Waals surface area contributed by atoms with Gasteiger partial charge in [0.05, 0.1) is 17.3 Å². The van der Waals surface area contributed by atoms with Crippen molar-refractivity contribution in [3.63, 3.8) is 0 Å². The molecule has 0 aliphatic rings. The summed E-state index contributed by atoms with van der Waals surface area (Å²) in [4.78, 5) is 12.5. The van der Waals surface area contributed by atoms with Crippen molar-refractivity contribution in [2.75, 3.05) is 17.7 Å². The number of rotatable bonds is 7. The lowest BCUT2D eigenvalue weighted by molar-refractivity contribution is 0.102. The fourth-order valence-electron chi connectivity index (χ4n) is 2.70. The Morgan fingerprint density at radius 3 is 2.48 bits per heavy atom. The van der Waals surface area contributed by atoms with Gasteiger partial charge in [-0.1, -0.05) is 54.1 Å². The number of ether oxygens (including phenoxy) is 1. The van der Waals surface area contributed by atoms with E-state index in [1.54, 1.807) is 19.2 Å². The molecule has 0 unspecified atom stereocenters. The van der Waals surface area contributed by atoms with E-state index in [1.807, 2.05) is 60.7 Å². The van der Waals surface area contributed by atoms with Crippen LogP contribution in [0.25, 0.3) is 0 Å². The molecule has 27 heavy (non-hydrogen) atoms. The van der Waals surface area contributed by atoms with E-state index in [0.717, 1.165) is 11.3 Å². The van der Waals surface area contributed by atoms with E-state index in [4.69, 9.17) is 16.3 Å². The number of halogens is 1. The van der Waals surface area contributed by atoms with Crippen molar-refractivity contribution in [2.45, 2.75) is 13.2 Å². The van der Waals surface area contributed by atoms with Crippen molar-refractivity contribution in [2.24, 2.45) is 0 Å². The molecule has 0 atom stereocenters. The van der Waals surface area contributed by atoms with E-state index >= 15 is 0 Å². The van der Waals surface area contributed by atoms with E-state index in [-0.39, 0.29) is 5.91 Å². The van der Waals surface area contributed by atoms with Crippen molar-refractivity contribution < 1.29 is 9.53 Å². The average Bonchev–Trinajstić information content (AvgIpc) is 2.69. The second-order valence-electron chi connectivity index (χ2n) is 6.12. The van der Waals surface area contributed by atoms with Gasteiger partial charge in [0.2, 0.25) is 0 Å². The van der Waals surface area contributed by atoms with Crippen LogP contribution < -0.4 is 10.6 Å². The summed E-state index contributed by atoms with van der Waals surface area (Å²) in [5, 5.41) is 6.73. The Balaban J connectivity index is 1.65. The predicted octanol–water partition coefficient (Wildman–Crippen LogP) is 5.35. The molecule has 0 aliphatic heterocycles. The molecule has 0 heterocycles. The Labute approximate surface area is 164 Å². The summed E-state index contributed by atoms with van der Waals surface area (Å²) in [6, 6.07) is 22.9. The van der Waals surface area contributed by atoms with Crippen LogP contribution in [0.3, 0.4) is 0 Å². The third-order valence-corrected chi connectivity index (χ3v) is 4.37. The Morgan fingerprint density at radius 2 is 1.74 bits per heavy atom. The van der Waals surface area contributed by atoms with Crippen LogP contribution in [-0.4, -0.2) is 13.0 Å². The molecule has 3 rings (SSSR count). The number of carbonyl (C=O) groups excluding carboxylic acids is 1. The molecule has 0 saturated heterocycles. The highest BCUT2D eigenvalue weighted by molar-refractivity contribution is 6.33. The van der Waals surface area contributed by atoms with Crippen LogP contribution in [0.2, 0.25) is 5.02 Å². The zero-order chi connectivity index (χ0) is 19.1. The number of carbonyl (C=O) groups is 1. The van der Waals surface area contributed by atoms with Gasteiger partial charge in [-0.05, 0) is 41.5 Å². The van der Waals surface area contributed by atoms with Gasteiger partial charge in [-0.15, -0.1) is 0 Å². The summed E-state index contributed by atoms with van der Waals surface area (Å²) in [6.45, 7) is 1.15. The molecule has 5 heteroatoms. The van der Waals surface area contributed by atoms with Gasteiger partial charge in [-0.2, -0.15) is 0 Å². The van der Waals surface area contributed by atoms with Gasteiger partial charge in [-0.25, -0.2) is 0 Å². The van der Waals surface area contributed by atoms with Crippen molar-refractivity contribution >= 4 is 28.9 Å². The van der Waals surface area contributed by atoms with E-state index in [0.29, 0.717) is 29.4 Å². The molecule has 0 radical (unpaired) electrons. The molecule has 0 aliphatic carbocycles. The van der Waals surface area contributed by atoms with Crippen LogP contribution in [-0.2, 0) is 17.9 Å². The Kier molecular flexibility index (Phi) is 6.47. The second-order valence-corrected chi connectivity index (χ2v) is 6.53. The minimum Gasteiger partial charge on any atom is -0.380 e. The van der Waals surface area contributed by atoms with Gasteiger partial charge in [-0.3, -0.25) is 4.79 Å². The van der Waals surface area contributed by atoms with Gasteiger partial charge in [0.15, 0.2) is 0 Å². The van der Waals surface area contributed by atoms with Crippen molar-refractivity contribution in [1.82, 2.24) is 0 Å². The molecular formula is C22H21ClN2O2. The largest absolute Gasteiger partial charge is 0.380 e. The smallest absolute Gasteiger partial charge is 0.255 e. The van der Waals surface area contributed by atoms with Gasteiger partial charge < -0.3 is 15.4 Å². The topological polar surface area (TPSA) is 50.4 Å². The fourth-order valence-corrected chi connectivity index (χ4v) is 2.95. The Morgan fingerprint density at radius 1 is 0.963 bits per heavy atom. The molecule has 0 aromatic heterocycles. The zero-order valence-corrected chi connectivity index (χ0v) is 15.8. The minimum atomic E-state index is -0.186. The SMILES string of the molecule is COCc1cccc(C(=O)Nc2ccc(NCc3ccccc3)c(Cl)c2)c1. The zero-order valence-electron chi connectivity index (χ0n) is 15.0. The lowest BCUT2D eigenvalue weighted by Crippen LogP contribution is -2.12. The number of hydrogen-bond acceptors (Lipinski definition) is 3. The maximum atomic E-state index is 12.5. The Hall–Kier alpha value is -2.82. The minimum absolute atomic E-state index is 0.186. The first-order chi connectivity index (χ1) is 13.2. The highest BCUT2D eigenvalue weighted by atomic mass is 35.5. The summed E-state index contributed by atoms with van der Waals surface area (Å²) in [6.07, 6.45) is 0. The molecule has 2 N–H and O–H groups in total. The van der Waals surface area contributed by atoms with Crippen molar-refractivity contribution in [1.29, 1.82) is 0 Å². The van der Waals surface area contributed by atoms with Crippen LogP contribution in [0.1, 0.15) is 21.5 Å². The van der Waals surface area contributed by atoms with Gasteiger partial charge in [0.25, 0.3) is 5.91 Å². The first-order valence-corrected chi connectivity index (χ1v) is 9.00. The maximum absolute atomic E-state index is 12.5. The standard InChI is InChI=1S/C22H21ClN2O2/c1-27-15-17-8-5-9-18(12-17)22(26)25-19-10-11-21(20(23)13-19)24-14-16-6-3-2-4-7-16/h2-13,24H,14-15H2,1H3,(H,25,26). The summed E-state index contributed by atoms with van der Waals surface area (Å²) in [7, 11) is 1.63. The van der Waals surface area contributed by atoms with Gasteiger partial charge >= 0.3 is 0 Å². The van der Waals surface area contributed by atoms with Crippen LogP contribution in [0.5, 0.6) is 0 Å². The van der Waals surface area contributed by atoms with E-state index < -0.39 is 0 Å². The highest BCUT2D eigenvalue weighted by Gasteiger charge is 2.09. The molecule has 0 bridgehead atoms. The molecule has 0 fully saturated rings. The van der Waals surface area contributed by atoms with Crippen LogP contribution >= 0.6 is 11.6 Å². The third-order valence-electron chi connectivity index (χ3n) is 4.05. The number of benzene rings is 3. The molecule has 1 amide bonds. The predicted molar refractivity (Wildman–Crippen MR) is 110 cm³/mol. The van der Waals surface area contributed by atoms with Crippen molar-refractivity contribution in [3.8, 4) is 0 Å². The number of amides is 1. The molecule has 0 spiro atoms. The lowest BCUT2D eigenvalue weighted by atomic mass is 10.1. The second kappa shape index (κ2) is 9.21.